The summed E-state index contributed by atoms with van der Waals surface area (Å²) in [7, 11) is 0. The van der Waals surface area contributed by atoms with Gasteiger partial charge in [0, 0.05) is 0 Å². The smallest absolute Gasteiger partial charge is 0.368 e. The Bertz CT molecular complexity index is 701. The van der Waals surface area contributed by atoms with Crippen LogP contribution in [0.15, 0.2) is 0 Å². The number of rotatable bonds is 14. The summed E-state index contributed by atoms with van der Waals surface area (Å²) in [6.07, 6.45) is -48.9. The third-order valence-electron chi connectivity index (χ3n) is 4.51. The second-order valence-electron chi connectivity index (χ2n) is 7.71. The normalized spacial score (nSPS) is 25.0. The molecular weight excluding hydrogens is 576 g/mol. The Kier molecular flexibility index (Phi) is 8.91. The lowest BCUT2D eigenvalue weighted by atomic mass is 10.1. The third kappa shape index (κ3) is 8.33. The third-order valence-corrected chi connectivity index (χ3v) is 4.51. The predicted octanol–water partition coefficient (Wildman–Crippen LogP) is 5.52. The van der Waals surface area contributed by atoms with Gasteiger partial charge in [-0.25, -0.2) is 8.78 Å². The number of hydrogen-bond acceptors (Lipinski definition) is 5. The highest BCUT2D eigenvalue weighted by molar-refractivity contribution is 4.91. The standard InChI is InChI=1S/C16H14F16O5/c17-7(1-11(19,20)21)13(25,26)15(29,30)36-9(5-3-33-5)35-10(6-4-34-6)37-16(31,32)14(27,28)8(18)2-12(22,23)24/h5-10H,1-4H2. The second-order valence-corrected chi connectivity index (χ2v) is 7.71. The summed E-state index contributed by atoms with van der Waals surface area (Å²) >= 11 is 0. The van der Waals surface area contributed by atoms with Crippen molar-refractivity contribution in [1.29, 1.82) is 0 Å². The lowest BCUT2D eigenvalue weighted by Gasteiger charge is -2.34. The van der Waals surface area contributed by atoms with Crippen LogP contribution in [-0.2, 0) is 23.7 Å². The van der Waals surface area contributed by atoms with Gasteiger partial charge in [-0.1, -0.05) is 0 Å². The van der Waals surface area contributed by atoms with E-state index in [-0.39, 0.29) is 0 Å². The zero-order chi connectivity index (χ0) is 28.8. The Morgan fingerprint density at radius 3 is 1.05 bits per heavy atom. The van der Waals surface area contributed by atoms with E-state index >= 15 is 0 Å². The molecule has 0 spiro atoms. The van der Waals surface area contributed by atoms with E-state index in [1.807, 2.05) is 0 Å². The van der Waals surface area contributed by atoms with Crippen LogP contribution >= 0.6 is 0 Å². The predicted molar refractivity (Wildman–Crippen MR) is 81.2 cm³/mol. The van der Waals surface area contributed by atoms with Gasteiger partial charge < -0.3 is 14.2 Å². The Morgan fingerprint density at radius 2 is 0.838 bits per heavy atom. The maximum Gasteiger partial charge on any atom is 0.424 e. The van der Waals surface area contributed by atoms with Crippen molar-refractivity contribution in [2.24, 2.45) is 0 Å². The van der Waals surface area contributed by atoms with Crippen molar-refractivity contribution in [1.82, 2.24) is 0 Å². The first-order valence-electron chi connectivity index (χ1n) is 9.57. The van der Waals surface area contributed by atoms with Gasteiger partial charge in [0.05, 0.1) is 26.1 Å². The van der Waals surface area contributed by atoms with E-state index in [0.717, 1.165) is 0 Å². The van der Waals surface area contributed by atoms with Gasteiger partial charge in [-0.05, 0) is 0 Å². The summed E-state index contributed by atoms with van der Waals surface area (Å²) in [5.41, 5.74) is 0. The van der Waals surface area contributed by atoms with Crippen LogP contribution in [0.5, 0.6) is 0 Å². The van der Waals surface area contributed by atoms with E-state index in [0.29, 0.717) is 0 Å². The topological polar surface area (TPSA) is 52.8 Å². The van der Waals surface area contributed by atoms with Crippen molar-refractivity contribution >= 4 is 0 Å². The molecule has 0 amide bonds. The van der Waals surface area contributed by atoms with Crippen molar-refractivity contribution in [2.45, 2.75) is 86.4 Å². The van der Waals surface area contributed by atoms with Crippen LogP contribution in [0.25, 0.3) is 0 Å². The van der Waals surface area contributed by atoms with Gasteiger partial charge in [0.25, 0.3) is 0 Å². The molecule has 0 aromatic rings. The van der Waals surface area contributed by atoms with Gasteiger partial charge in [-0.2, -0.15) is 61.5 Å². The highest BCUT2D eigenvalue weighted by atomic mass is 19.4. The largest absolute Gasteiger partial charge is 0.424 e. The van der Waals surface area contributed by atoms with E-state index in [1.165, 1.54) is 0 Å². The van der Waals surface area contributed by atoms with Gasteiger partial charge in [0.2, 0.25) is 0 Å². The molecule has 0 aliphatic carbocycles. The molecule has 0 saturated carbocycles. The van der Waals surface area contributed by atoms with Gasteiger partial charge in [-0.3, -0.25) is 9.47 Å². The van der Waals surface area contributed by atoms with Gasteiger partial charge >= 0.3 is 36.4 Å². The molecule has 2 fully saturated rings. The van der Waals surface area contributed by atoms with Gasteiger partial charge in [0.15, 0.2) is 24.9 Å². The Labute approximate surface area is 194 Å². The molecular formula is C16H14F16O5. The molecule has 6 unspecified atom stereocenters. The average Bonchev–Trinajstić information content (AvgIpc) is 3.57. The Morgan fingerprint density at radius 1 is 0.568 bits per heavy atom. The van der Waals surface area contributed by atoms with Gasteiger partial charge in [0.1, 0.15) is 12.2 Å². The van der Waals surface area contributed by atoms with Crippen LogP contribution in [0, 0.1) is 0 Å². The van der Waals surface area contributed by atoms with Crippen molar-refractivity contribution < 1.29 is 93.9 Å². The molecule has 2 aliphatic rings. The summed E-state index contributed by atoms with van der Waals surface area (Å²) in [5, 5.41) is 0. The molecule has 0 bridgehead atoms. The molecule has 0 radical (unpaired) electrons. The highest BCUT2D eigenvalue weighted by Gasteiger charge is 2.69. The summed E-state index contributed by atoms with van der Waals surface area (Å²) in [6.45, 7) is -1.45. The number of hydrogen-bond donors (Lipinski definition) is 0. The average molecular weight is 590 g/mol. The first-order chi connectivity index (χ1) is 16.4. The monoisotopic (exact) mass is 590 g/mol. The molecule has 0 N–H and O–H groups in total. The van der Waals surface area contributed by atoms with Crippen LogP contribution in [0.4, 0.5) is 70.2 Å². The molecule has 5 nitrogen and oxygen atoms in total. The molecule has 220 valence electrons. The summed E-state index contributed by atoms with van der Waals surface area (Å²) in [5.74, 6) is -12.4. The molecule has 0 aromatic carbocycles. The van der Waals surface area contributed by atoms with E-state index in [2.05, 4.69) is 23.7 Å². The Balaban J connectivity index is 2.19. The number of halogens is 16. The fourth-order valence-electron chi connectivity index (χ4n) is 2.42. The van der Waals surface area contributed by atoms with Crippen molar-refractivity contribution in [3.63, 3.8) is 0 Å². The maximum absolute atomic E-state index is 13.9. The summed E-state index contributed by atoms with van der Waals surface area (Å²) < 4.78 is 230. The van der Waals surface area contributed by atoms with E-state index in [4.69, 9.17) is 0 Å². The van der Waals surface area contributed by atoms with Crippen molar-refractivity contribution in [3.05, 3.63) is 0 Å². The molecule has 6 atom stereocenters. The summed E-state index contributed by atoms with van der Waals surface area (Å²) in [4.78, 5) is 0. The number of ether oxygens (including phenoxy) is 5. The van der Waals surface area contributed by atoms with E-state index in [9.17, 15) is 70.2 Å². The molecule has 2 saturated heterocycles. The zero-order valence-electron chi connectivity index (χ0n) is 17.4. The lowest BCUT2D eigenvalue weighted by molar-refractivity contribution is -0.444. The van der Waals surface area contributed by atoms with Crippen molar-refractivity contribution in [2.75, 3.05) is 13.2 Å². The molecule has 2 heterocycles. The van der Waals surface area contributed by atoms with Gasteiger partial charge in [-0.15, -0.1) is 0 Å². The van der Waals surface area contributed by atoms with E-state index < -0.39 is 99.6 Å². The SMILES string of the molecule is FC(CC(F)(F)F)C(F)(F)C(F)(F)OC(OC(OC(F)(F)C(F)(F)C(F)CC(F)(F)F)C1CO1)C1CO1. The second kappa shape index (κ2) is 10.3. The highest BCUT2D eigenvalue weighted by Crippen LogP contribution is 2.47. The molecule has 2 rings (SSSR count). The molecule has 21 heteroatoms. The lowest BCUT2D eigenvalue weighted by Crippen LogP contribution is -2.55. The fraction of sp³-hybridized carbons (Fsp3) is 1.00. The van der Waals surface area contributed by atoms with Crippen LogP contribution in [0.1, 0.15) is 12.8 Å². The van der Waals surface area contributed by atoms with Crippen LogP contribution < -0.4 is 0 Å². The minimum Gasteiger partial charge on any atom is -0.368 e. The van der Waals surface area contributed by atoms with E-state index in [1.54, 1.807) is 0 Å². The Hall–Kier alpha value is -1.32. The number of epoxide rings is 2. The quantitative estimate of drug-likeness (QED) is 0.152. The summed E-state index contributed by atoms with van der Waals surface area (Å²) in [6, 6.07) is 0. The molecule has 37 heavy (non-hydrogen) atoms. The van der Waals surface area contributed by atoms with Crippen LogP contribution in [0.2, 0.25) is 0 Å². The fourth-order valence-corrected chi connectivity index (χ4v) is 2.42. The van der Waals surface area contributed by atoms with Crippen LogP contribution in [0.3, 0.4) is 0 Å². The minimum atomic E-state index is -6.22. The molecule has 0 aromatic heterocycles. The molecule has 2 aliphatic heterocycles. The maximum atomic E-state index is 13.9. The minimum absolute atomic E-state index is 0.725. The first kappa shape index (κ1) is 31.9. The zero-order valence-corrected chi connectivity index (χ0v) is 17.4. The number of alkyl halides is 16. The van der Waals surface area contributed by atoms with Crippen LogP contribution in [-0.4, -0.2) is 86.8 Å². The first-order valence-corrected chi connectivity index (χ1v) is 9.57. The van der Waals surface area contributed by atoms with Crippen molar-refractivity contribution in [3.8, 4) is 0 Å².